The highest BCUT2D eigenvalue weighted by atomic mass is 32.1. The molecule has 2 aliphatic heterocycles. The molecule has 0 spiro atoms. The van der Waals surface area contributed by atoms with E-state index in [-0.39, 0.29) is 24.5 Å². The fourth-order valence-corrected chi connectivity index (χ4v) is 4.03. The van der Waals surface area contributed by atoms with Gasteiger partial charge >= 0.3 is 0 Å². The molecule has 0 saturated carbocycles. The predicted molar refractivity (Wildman–Crippen MR) is 87.9 cm³/mol. The van der Waals surface area contributed by atoms with Crippen molar-refractivity contribution < 1.29 is 14.3 Å². The summed E-state index contributed by atoms with van der Waals surface area (Å²) in [6.45, 7) is 0.766. The minimum Gasteiger partial charge on any atom is -0.482 e. The molecule has 1 aromatic carbocycles. The van der Waals surface area contributed by atoms with Crippen LogP contribution in [-0.4, -0.2) is 29.9 Å². The lowest BCUT2D eigenvalue weighted by molar-refractivity contribution is -0.118. The van der Waals surface area contributed by atoms with Crippen molar-refractivity contribution in [3.63, 3.8) is 0 Å². The number of carbonyl (C=O) groups excluding carboxylic acids is 2. The Hall–Kier alpha value is -2.34. The second kappa shape index (κ2) is 5.70. The first-order chi connectivity index (χ1) is 11.2. The Bertz CT molecular complexity index is 757. The van der Waals surface area contributed by atoms with Crippen molar-refractivity contribution in [3.05, 3.63) is 46.2 Å². The summed E-state index contributed by atoms with van der Waals surface area (Å²) >= 11 is 1.69. The molecule has 1 aromatic heterocycles. The van der Waals surface area contributed by atoms with E-state index in [9.17, 15) is 9.59 Å². The van der Waals surface area contributed by atoms with Crippen LogP contribution in [0.2, 0.25) is 0 Å². The zero-order valence-electron chi connectivity index (χ0n) is 12.5. The second-order valence-electron chi connectivity index (χ2n) is 5.72. The number of nitrogens with one attached hydrogen (secondary N) is 1. The van der Waals surface area contributed by atoms with Gasteiger partial charge in [-0.15, -0.1) is 11.3 Å². The van der Waals surface area contributed by atoms with Crippen LogP contribution in [0.25, 0.3) is 0 Å². The van der Waals surface area contributed by atoms with Crippen LogP contribution in [0.4, 0.5) is 5.69 Å². The molecule has 4 rings (SSSR count). The molecule has 3 heterocycles. The van der Waals surface area contributed by atoms with E-state index in [0.717, 1.165) is 19.4 Å². The van der Waals surface area contributed by atoms with Crippen molar-refractivity contribution in [3.8, 4) is 5.75 Å². The molecule has 1 fully saturated rings. The van der Waals surface area contributed by atoms with E-state index in [4.69, 9.17) is 4.74 Å². The van der Waals surface area contributed by atoms with E-state index >= 15 is 0 Å². The van der Waals surface area contributed by atoms with Gasteiger partial charge in [-0.2, -0.15) is 0 Å². The van der Waals surface area contributed by atoms with E-state index in [0.29, 0.717) is 17.0 Å². The number of amides is 2. The largest absolute Gasteiger partial charge is 0.482 e. The monoisotopic (exact) mass is 328 g/mol. The first-order valence-corrected chi connectivity index (χ1v) is 8.51. The Morgan fingerprint density at radius 2 is 2.26 bits per heavy atom. The number of likely N-dealkylation sites (tertiary alicyclic amines) is 1. The summed E-state index contributed by atoms with van der Waals surface area (Å²) < 4.78 is 5.41. The number of thiophene rings is 1. The lowest BCUT2D eigenvalue weighted by Gasteiger charge is -2.25. The predicted octanol–water partition coefficient (Wildman–Crippen LogP) is 3.06. The van der Waals surface area contributed by atoms with Crippen molar-refractivity contribution in [1.82, 2.24) is 4.90 Å². The van der Waals surface area contributed by atoms with Crippen LogP contribution in [0.15, 0.2) is 35.7 Å². The first kappa shape index (κ1) is 14.3. The Kier molecular flexibility index (Phi) is 3.53. The summed E-state index contributed by atoms with van der Waals surface area (Å²) in [6.07, 6.45) is 2.02. The highest BCUT2D eigenvalue weighted by molar-refractivity contribution is 7.10. The zero-order chi connectivity index (χ0) is 15.8. The number of fused-ring (bicyclic) bond motifs is 1. The minimum atomic E-state index is -0.172. The smallest absolute Gasteiger partial charge is 0.262 e. The molecule has 5 nitrogen and oxygen atoms in total. The number of benzene rings is 1. The quantitative estimate of drug-likeness (QED) is 0.922. The Morgan fingerprint density at radius 1 is 1.35 bits per heavy atom. The summed E-state index contributed by atoms with van der Waals surface area (Å²) in [7, 11) is 0. The van der Waals surface area contributed by atoms with Crippen molar-refractivity contribution in [2.24, 2.45) is 0 Å². The summed E-state index contributed by atoms with van der Waals surface area (Å²) in [4.78, 5) is 27.4. The van der Waals surface area contributed by atoms with Gasteiger partial charge in [-0.05, 0) is 42.5 Å². The molecular formula is C17H16N2O3S. The fourth-order valence-electron chi connectivity index (χ4n) is 3.16. The number of hydrogen-bond donors (Lipinski definition) is 1. The molecule has 0 aliphatic carbocycles. The van der Waals surface area contributed by atoms with Gasteiger partial charge in [-0.1, -0.05) is 6.07 Å². The van der Waals surface area contributed by atoms with E-state index < -0.39 is 0 Å². The third-order valence-electron chi connectivity index (χ3n) is 4.25. The number of ether oxygens (including phenoxy) is 1. The second-order valence-corrected chi connectivity index (χ2v) is 6.70. The number of hydrogen-bond acceptors (Lipinski definition) is 4. The normalized spacial score (nSPS) is 19.9. The van der Waals surface area contributed by atoms with Gasteiger partial charge in [-0.25, -0.2) is 0 Å². The molecule has 2 aliphatic rings. The Balaban J connectivity index is 1.60. The summed E-state index contributed by atoms with van der Waals surface area (Å²) in [5, 5.41) is 4.79. The van der Waals surface area contributed by atoms with E-state index in [1.807, 2.05) is 16.3 Å². The van der Waals surface area contributed by atoms with E-state index in [2.05, 4.69) is 11.4 Å². The number of anilines is 1. The molecule has 1 N–H and O–H groups in total. The Labute approximate surface area is 137 Å². The van der Waals surface area contributed by atoms with Gasteiger partial charge in [0, 0.05) is 17.0 Å². The molecule has 1 saturated heterocycles. The average molecular weight is 328 g/mol. The van der Waals surface area contributed by atoms with Crippen molar-refractivity contribution in [2.45, 2.75) is 18.9 Å². The maximum absolute atomic E-state index is 12.9. The molecule has 2 amide bonds. The van der Waals surface area contributed by atoms with Gasteiger partial charge in [-0.3, -0.25) is 9.59 Å². The molecule has 1 atom stereocenters. The van der Waals surface area contributed by atoms with Gasteiger partial charge in [0.25, 0.3) is 11.8 Å². The van der Waals surface area contributed by atoms with Gasteiger partial charge in [0.1, 0.15) is 5.75 Å². The standard InChI is InChI=1S/C17H16N2O3S/c20-16-10-22-14-9-11(5-6-12(14)18-16)17(21)19-7-1-3-13(19)15-4-2-8-23-15/h2,4-6,8-9,13H,1,3,7,10H2,(H,18,20)/t13-/m0/s1. The van der Waals surface area contributed by atoms with Crippen LogP contribution < -0.4 is 10.1 Å². The van der Waals surface area contributed by atoms with Crippen LogP contribution in [0.3, 0.4) is 0 Å². The lowest BCUT2D eigenvalue weighted by Crippen LogP contribution is -2.30. The van der Waals surface area contributed by atoms with Gasteiger partial charge in [0.05, 0.1) is 11.7 Å². The van der Waals surface area contributed by atoms with Crippen LogP contribution in [0.1, 0.15) is 34.1 Å². The van der Waals surface area contributed by atoms with Gasteiger partial charge < -0.3 is 15.0 Å². The summed E-state index contributed by atoms with van der Waals surface area (Å²) in [5.41, 5.74) is 1.22. The maximum atomic E-state index is 12.9. The molecule has 0 bridgehead atoms. The van der Waals surface area contributed by atoms with Crippen LogP contribution in [0, 0.1) is 0 Å². The fraction of sp³-hybridized carbons (Fsp3) is 0.294. The number of nitrogens with zero attached hydrogens (tertiary/aromatic N) is 1. The van der Waals surface area contributed by atoms with Crippen molar-refractivity contribution in [1.29, 1.82) is 0 Å². The molecule has 2 aromatic rings. The number of carbonyl (C=O) groups is 2. The summed E-state index contributed by atoms with van der Waals surface area (Å²) in [5.74, 6) is 0.403. The van der Waals surface area contributed by atoms with Crippen molar-refractivity contribution in [2.75, 3.05) is 18.5 Å². The Morgan fingerprint density at radius 3 is 3.09 bits per heavy atom. The van der Waals surface area contributed by atoms with E-state index in [1.54, 1.807) is 29.5 Å². The molecule has 0 unspecified atom stereocenters. The molecule has 0 radical (unpaired) electrons. The zero-order valence-corrected chi connectivity index (χ0v) is 13.3. The topological polar surface area (TPSA) is 58.6 Å². The molecule has 23 heavy (non-hydrogen) atoms. The molecule has 6 heteroatoms. The average Bonchev–Trinajstić information content (AvgIpc) is 3.24. The van der Waals surface area contributed by atoms with E-state index in [1.165, 1.54) is 4.88 Å². The lowest BCUT2D eigenvalue weighted by atomic mass is 10.1. The highest BCUT2D eigenvalue weighted by Crippen LogP contribution is 2.36. The summed E-state index contributed by atoms with van der Waals surface area (Å²) in [6, 6.07) is 9.48. The van der Waals surface area contributed by atoms with Gasteiger partial charge in [0.15, 0.2) is 6.61 Å². The van der Waals surface area contributed by atoms with Gasteiger partial charge in [0.2, 0.25) is 0 Å². The number of rotatable bonds is 2. The molecular weight excluding hydrogens is 312 g/mol. The SMILES string of the molecule is O=C1COc2cc(C(=O)N3CCC[C@H]3c3cccs3)ccc2N1. The highest BCUT2D eigenvalue weighted by Gasteiger charge is 2.31. The minimum absolute atomic E-state index is 0.00776. The third kappa shape index (κ3) is 2.59. The van der Waals surface area contributed by atoms with Crippen LogP contribution >= 0.6 is 11.3 Å². The first-order valence-electron chi connectivity index (χ1n) is 7.63. The third-order valence-corrected chi connectivity index (χ3v) is 5.22. The van der Waals surface area contributed by atoms with Crippen LogP contribution in [0.5, 0.6) is 5.75 Å². The maximum Gasteiger partial charge on any atom is 0.262 e. The van der Waals surface area contributed by atoms with Crippen LogP contribution in [-0.2, 0) is 4.79 Å². The molecule has 118 valence electrons. The van der Waals surface area contributed by atoms with Crippen molar-refractivity contribution >= 4 is 28.8 Å².